The minimum absolute atomic E-state index is 0.0609. The van der Waals surface area contributed by atoms with Gasteiger partial charge >= 0.3 is 0 Å². The molecule has 1 N–H and O–H groups in total. The predicted octanol–water partition coefficient (Wildman–Crippen LogP) is 3.17. The van der Waals surface area contributed by atoms with Crippen LogP contribution in [0, 0.1) is 13.8 Å². The highest BCUT2D eigenvalue weighted by molar-refractivity contribution is 5.83. The molecule has 1 aromatic rings. The van der Waals surface area contributed by atoms with Crippen molar-refractivity contribution in [3.8, 4) is 0 Å². The minimum atomic E-state index is -0.205. The third kappa shape index (κ3) is 4.80. The van der Waals surface area contributed by atoms with Crippen LogP contribution in [0.25, 0.3) is 0 Å². The Bertz CT molecular complexity index is 493. The van der Waals surface area contributed by atoms with Gasteiger partial charge in [-0.25, -0.2) is 0 Å². The zero-order valence-corrected chi connectivity index (χ0v) is 15.0. The number of amides is 1. The van der Waals surface area contributed by atoms with E-state index in [9.17, 15) is 4.79 Å². The van der Waals surface area contributed by atoms with E-state index in [4.69, 9.17) is 4.52 Å². The summed E-state index contributed by atoms with van der Waals surface area (Å²) >= 11 is 0. The van der Waals surface area contributed by atoms with Gasteiger partial charge in [-0.3, -0.25) is 4.79 Å². The summed E-state index contributed by atoms with van der Waals surface area (Å²) in [7, 11) is 0. The molecule has 0 aromatic carbocycles. The molecular formula is C18H31N3O2. The lowest BCUT2D eigenvalue weighted by Crippen LogP contribution is -2.38. The highest BCUT2D eigenvalue weighted by Crippen LogP contribution is 2.23. The molecule has 5 heteroatoms. The summed E-state index contributed by atoms with van der Waals surface area (Å²) in [5.41, 5.74) is 1.73. The Morgan fingerprint density at radius 1 is 1.39 bits per heavy atom. The molecule has 1 aliphatic heterocycles. The summed E-state index contributed by atoms with van der Waals surface area (Å²) in [6, 6.07) is 0.720. The number of hydrogen-bond acceptors (Lipinski definition) is 4. The average molecular weight is 321 g/mol. The number of carbonyl (C=O) groups is 1. The molecule has 1 fully saturated rings. The van der Waals surface area contributed by atoms with Crippen LogP contribution in [0.5, 0.6) is 0 Å². The number of rotatable bonds is 7. The maximum atomic E-state index is 12.3. The van der Waals surface area contributed by atoms with Gasteiger partial charge in [-0.15, -0.1) is 0 Å². The first kappa shape index (κ1) is 18.0. The van der Waals surface area contributed by atoms with Crippen LogP contribution < -0.4 is 5.32 Å². The number of likely N-dealkylation sites (tertiary alicyclic amines) is 1. The van der Waals surface area contributed by atoms with E-state index in [1.807, 2.05) is 20.8 Å². The summed E-state index contributed by atoms with van der Waals surface area (Å²) in [6.45, 7) is 11.1. The molecule has 2 rings (SSSR count). The first-order valence-electron chi connectivity index (χ1n) is 8.95. The number of nitrogens with zero attached hydrogens (tertiary/aromatic N) is 2. The van der Waals surface area contributed by atoms with E-state index in [1.165, 1.54) is 25.8 Å². The topological polar surface area (TPSA) is 58.4 Å². The van der Waals surface area contributed by atoms with Crippen molar-refractivity contribution in [2.75, 3.05) is 19.6 Å². The second-order valence-corrected chi connectivity index (χ2v) is 6.84. The Labute approximate surface area is 139 Å². The molecule has 0 radical (unpaired) electrons. The molecule has 2 heterocycles. The normalized spacial score (nSPS) is 20.4. The fourth-order valence-electron chi connectivity index (χ4n) is 3.53. The van der Waals surface area contributed by atoms with Crippen LogP contribution in [-0.2, 0) is 4.79 Å². The van der Waals surface area contributed by atoms with Crippen molar-refractivity contribution in [3.63, 3.8) is 0 Å². The maximum absolute atomic E-state index is 12.3. The molecule has 23 heavy (non-hydrogen) atoms. The monoisotopic (exact) mass is 321 g/mol. The summed E-state index contributed by atoms with van der Waals surface area (Å²) in [5, 5.41) is 6.97. The van der Waals surface area contributed by atoms with E-state index < -0.39 is 0 Å². The van der Waals surface area contributed by atoms with Gasteiger partial charge in [0.25, 0.3) is 0 Å². The predicted molar refractivity (Wildman–Crippen MR) is 91.5 cm³/mol. The Balaban J connectivity index is 1.67. The molecule has 1 saturated heterocycles. The Morgan fingerprint density at radius 2 is 2.17 bits per heavy atom. The van der Waals surface area contributed by atoms with Crippen LogP contribution in [0.3, 0.4) is 0 Å². The Kier molecular flexibility index (Phi) is 6.63. The van der Waals surface area contributed by atoms with Gasteiger partial charge in [-0.2, -0.15) is 0 Å². The molecule has 1 aromatic heterocycles. The van der Waals surface area contributed by atoms with E-state index in [0.717, 1.165) is 49.0 Å². The fourth-order valence-corrected chi connectivity index (χ4v) is 3.53. The fraction of sp³-hybridized carbons (Fsp3) is 0.778. The molecule has 2 atom stereocenters. The van der Waals surface area contributed by atoms with Crippen LogP contribution >= 0.6 is 0 Å². The first-order valence-corrected chi connectivity index (χ1v) is 8.95. The van der Waals surface area contributed by atoms with Crippen LogP contribution in [0.1, 0.15) is 68.9 Å². The Morgan fingerprint density at radius 3 is 2.83 bits per heavy atom. The first-order chi connectivity index (χ1) is 11.0. The van der Waals surface area contributed by atoms with E-state index in [2.05, 4.69) is 22.3 Å². The summed E-state index contributed by atoms with van der Waals surface area (Å²) in [6.07, 6.45) is 6.20. The number of nitrogens with one attached hydrogen (secondary N) is 1. The van der Waals surface area contributed by atoms with E-state index in [0.29, 0.717) is 0 Å². The maximum Gasteiger partial charge on any atom is 0.227 e. The summed E-state index contributed by atoms with van der Waals surface area (Å²) in [5.74, 6) is 0.596. The average Bonchev–Trinajstić information content (AvgIpc) is 2.86. The molecule has 1 aliphatic rings. The van der Waals surface area contributed by atoms with Crippen LogP contribution in [-0.4, -0.2) is 41.6 Å². The number of unbranched alkanes of at least 4 members (excludes halogenated alkanes) is 1. The summed E-state index contributed by atoms with van der Waals surface area (Å²) in [4.78, 5) is 14.9. The van der Waals surface area contributed by atoms with Gasteiger partial charge in [0.1, 0.15) is 5.76 Å². The number of carbonyl (C=O) groups excluding carboxylic acids is 1. The number of aryl methyl sites for hydroxylation is 2. The molecule has 0 saturated carbocycles. The van der Waals surface area contributed by atoms with Gasteiger partial charge in [0.2, 0.25) is 5.91 Å². The van der Waals surface area contributed by atoms with Crippen molar-refractivity contribution < 1.29 is 9.32 Å². The second-order valence-electron chi connectivity index (χ2n) is 6.84. The van der Waals surface area contributed by atoms with E-state index >= 15 is 0 Å². The molecule has 0 spiro atoms. The zero-order valence-electron chi connectivity index (χ0n) is 15.0. The number of hydrogen-bond donors (Lipinski definition) is 1. The van der Waals surface area contributed by atoms with Crippen LogP contribution in [0.2, 0.25) is 0 Å². The third-order valence-electron chi connectivity index (χ3n) is 5.03. The third-order valence-corrected chi connectivity index (χ3v) is 5.03. The van der Waals surface area contributed by atoms with E-state index in [-0.39, 0.29) is 11.8 Å². The quantitative estimate of drug-likeness (QED) is 0.784. The molecule has 0 aliphatic carbocycles. The molecule has 2 unspecified atom stereocenters. The zero-order chi connectivity index (χ0) is 16.8. The highest BCUT2D eigenvalue weighted by atomic mass is 16.5. The van der Waals surface area contributed by atoms with Gasteiger partial charge in [0.05, 0.1) is 11.6 Å². The highest BCUT2D eigenvalue weighted by Gasteiger charge is 2.22. The van der Waals surface area contributed by atoms with Gasteiger partial charge in [-0.05, 0) is 66.5 Å². The van der Waals surface area contributed by atoms with Crippen molar-refractivity contribution in [1.29, 1.82) is 0 Å². The van der Waals surface area contributed by atoms with Crippen molar-refractivity contribution in [1.82, 2.24) is 15.4 Å². The largest absolute Gasteiger partial charge is 0.361 e. The minimum Gasteiger partial charge on any atom is -0.361 e. The smallest absolute Gasteiger partial charge is 0.227 e. The molecular weight excluding hydrogens is 290 g/mol. The van der Waals surface area contributed by atoms with Gasteiger partial charge < -0.3 is 14.7 Å². The Hall–Kier alpha value is -1.36. The lowest BCUT2D eigenvalue weighted by atomic mass is 9.98. The van der Waals surface area contributed by atoms with Crippen molar-refractivity contribution in [3.05, 3.63) is 17.0 Å². The summed E-state index contributed by atoms with van der Waals surface area (Å²) < 4.78 is 5.15. The van der Waals surface area contributed by atoms with E-state index in [1.54, 1.807) is 0 Å². The standard InChI is InChI=1S/C18H31N3O2/c1-13-9-5-7-11-21(13)12-8-6-10-19-18(22)14(2)17-15(3)20-23-16(17)4/h13-14H,5-12H2,1-4H3,(H,19,22). The molecule has 1 amide bonds. The van der Waals surface area contributed by atoms with Crippen LogP contribution in [0.15, 0.2) is 4.52 Å². The van der Waals surface area contributed by atoms with Gasteiger partial charge in [0, 0.05) is 18.2 Å². The molecule has 130 valence electrons. The van der Waals surface area contributed by atoms with Crippen LogP contribution in [0.4, 0.5) is 0 Å². The molecule has 0 bridgehead atoms. The van der Waals surface area contributed by atoms with Gasteiger partial charge in [-0.1, -0.05) is 11.6 Å². The molecule has 5 nitrogen and oxygen atoms in total. The van der Waals surface area contributed by atoms with Crippen molar-refractivity contribution >= 4 is 5.91 Å². The second kappa shape index (κ2) is 8.48. The number of aromatic nitrogens is 1. The van der Waals surface area contributed by atoms with Gasteiger partial charge in [0.15, 0.2) is 0 Å². The van der Waals surface area contributed by atoms with Crippen molar-refractivity contribution in [2.45, 2.75) is 71.8 Å². The lowest BCUT2D eigenvalue weighted by molar-refractivity contribution is -0.122. The number of piperidine rings is 1. The SMILES string of the molecule is Cc1noc(C)c1C(C)C(=O)NCCCCN1CCCCC1C. The lowest BCUT2D eigenvalue weighted by Gasteiger charge is -2.33. The van der Waals surface area contributed by atoms with Crippen molar-refractivity contribution in [2.24, 2.45) is 0 Å².